The Morgan fingerprint density at radius 2 is 1.39 bits per heavy atom. The van der Waals surface area contributed by atoms with Gasteiger partial charge in [-0.05, 0) is 42.8 Å². The minimum Gasteiger partial charge on any atom is -0.455 e. The van der Waals surface area contributed by atoms with E-state index in [1.54, 1.807) is 18.3 Å². The molecule has 23 heavy (non-hydrogen) atoms. The maximum absolute atomic E-state index is 5.81. The van der Waals surface area contributed by atoms with Crippen molar-refractivity contribution in [2.24, 2.45) is 0 Å². The van der Waals surface area contributed by atoms with Crippen molar-refractivity contribution in [3.63, 3.8) is 0 Å². The first-order valence-corrected chi connectivity index (χ1v) is 7.42. The Balaban J connectivity index is 1.83. The summed E-state index contributed by atoms with van der Waals surface area (Å²) in [4.78, 5) is 11.7. The highest BCUT2D eigenvalue weighted by Gasteiger charge is 2.09. The lowest BCUT2D eigenvalue weighted by atomic mass is 10.2. The minimum atomic E-state index is 0.168. The Morgan fingerprint density at radius 1 is 0.783 bits per heavy atom. The molecule has 0 bridgehead atoms. The van der Waals surface area contributed by atoms with Gasteiger partial charge in [0.05, 0.1) is 18.6 Å². The van der Waals surface area contributed by atoms with Crippen LogP contribution in [0.25, 0.3) is 0 Å². The van der Waals surface area contributed by atoms with E-state index in [0.717, 1.165) is 5.56 Å². The van der Waals surface area contributed by atoms with Gasteiger partial charge in [0.2, 0.25) is 5.28 Å². The average molecular weight is 348 g/mol. The van der Waals surface area contributed by atoms with Crippen LogP contribution in [0.5, 0.6) is 23.0 Å². The predicted octanol–water partition coefficient (Wildman–Crippen LogP) is 5.07. The number of nitrogens with zero attached hydrogens (tertiary/aromatic N) is 3. The summed E-state index contributed by atoms with van der Waals surface area (Å²) in [6.07, 6.45) is 4.57. The Morgan fingerprint density at radius 3 is 2.00 bits per heavy atom. The number of benzene rings is 1. The lowest BCUT2D eigenvalue weighted by Gasteiger charge is -2.13. The maximum atomic E-state index is 5.81. The molecule has 7 heteroatoms. The Hall–Kier alpha value is -2.37. The Labute approximate surface area is 142 Å². The van der Waals surface area contributed by atoms with Crippen molar-refractivity contribution in [3.8, 4) is 23.0 Å². The molecule has 5 nitrogen and oxygen atoms in total. The highest BCUT2D eigenvalue weighted by molar-refractivity contribution is 6.29. The molecule has 0 aliphatic heterocycles. The largest absolute Gasteiger partial charge is 0.455 e. The van der Waals surface area contributed by atoms with E-state index in [1.807, 2.05) is 25.1 Å². The molecule has 0 radical (unpaired) electrons. The van der Waals surface area contributed by atoms with Crippen LogP contribution in [-0.4, -0.2) is 15.0 Å². The number of hydrogen-bond donors (Lipinski definition) is 0. The second-order valence-electron chi connectivity index (χ2n) is 4.59. The molecular formula is C16H11Cl2N3O2. The summed E-state index contributed by atoms with van der Waals surface area (Å²) in [5, 5.41) is 0.579. The second-order valence-corrected chi connectivity index (χ2v) is 5.31. The highest BCUT2D eigenvalue weighted by atomic mass is 35.5. The molecule has 0 fully saturated rings. The SMILES string of the molecule is Cc1c(Oc2ccc(Cl)nc2)cccc1Oc1cnc(Cl)nc1. The first kappa shape index (κ1) is 15.5. The smallest absolute Gasteiger partial charge is 0.222 e. The van der Waals surface area contributed by atoms with Crippen LogP contribution >= 0.6 is 23.2 Å². The van der Waals surface area contributed by atoms with Crippen LogP contribution in [0.15, 0.2) is 48.9 Å². The quantitative estimate of drug-likeness (QED) is 0.487. The van der Waals surface area contributed by atoms with Gasteiger partial charge in [0.15, 0.2) is 5.75 Å². The Kier molecular flexibility index (Phi) is 4.60. The van der Waals surface area contributed by atoms with E-state index >= 15 is 0 Å². The van der Waals surface area contributed by atoms with Crippen LogP contribution in [0, 0.1) is 6.92 Å². The van der Waals surface area contributed by atoms with Crippen molar-refractivity contribution in [2.45, 2.75) is 6.92 Å². The topological polar surface area (TPSA) is 57.1 Å². The molecule has 0 aliphatic rings. The van der Waals surface area contributed by atoms with Gasteiger partial charge in [0.1, 0.15) is 22.4 Å². The van der Waals surface area contributed by atoms with Crippen molar-refractivity contribution in [3.05, 3.63) is 64.9 Å². The fourth-order valence-corrected chi connectivity index (χ4v) is 2.05. The molecule has 0 saturated heterocycles. The summed E-state index contributed by atoms with van der Waals surface area (Å²) in [6.45, 7) is 1.89. The third-order valence-electron chi connectivity index (χ3n) is 2.99. The van der Waals surface area contributed by atoms with Crippen molar-refractivity contribution >= 4 is 23.2 Å². The van der Waals surface area contributed by atoms with Gasteiger partial charge in [-0.3, -0.25) is 0 Å². The van der Waals surface area contributed by atoms with E-state index in [2.05, 4.69) is 15.0 Å². The van der Waals surface area contributed by atoms with Crippen molar-refractivity contribution in [1.82, 2.24) is 15.0 Å². The van der Waals surface area contributed by atoms with Gasteiger partial charge in [-0.1, -0.05) is 17.7 Å². The van der Waals surface area contributed by atoms with Gasteiger partial charge < -0.3 is 9.47 Å². The lowest BCUT2D eigenvalue weighted by molar-refractivity contribution is 0.450. The summed E-state index contributed by atoms with van der Waals surface area (Å²) in [5.74, 6) is 2.36. The van der Waals surface area contributed by atoms with Crippen molar-refractivity contribution in [1.29, 1.82) is 0 Å². The molecule has 0 amide bonds. The van der Waals surface area contributed by atoms with Crippen molar-refractivity contribution in [2.75, 3.05) is 0 Å². The van der Waals surface area contributed by atoms with E-state index in [0.29, 0.717) is 28.2 Å². The maximum Gasteiger partial charge on any atom is 0.222 e. The average Bonchev–Trinajstić information content (AvgIpc) is 2.55. The van der Waals surface area contributed by atoms with Gasteiger partial charge in [-0.15, -0.1) is 0 Å². The molecule has 3 rings (SSSR count). The molecule has 0 N–H and O–H groups in total. The van der Waals surface area contributed by atoms with Gasteiger partial charge in [0.25, 0.3) is 0 Å². The predicted molar refractivity (Wildman–Crippen MR) is 87.6 cm³/mol. The van der Waals surface area contributed by atoms with Gasteiger partial charge in [-0.25, -0.2) is 15.0 Å². The van der Waals surface area contributed by atoms with Crippen LogP contribution in [-0.2, 0) is 0 Å². The van der Waals surface area contributed by atoms with E-state index in [9.17, 15) is 0 Å². The zero-order valence-electron chi connectivity index (χ0n) is 12.0. The van der Waals surface area contributed by atoms with Crippen molar-refractivity contribution < 1.29 is 9.47 Å². The minimum absolute atomic E-state index is 0.168. The zero-order valence-corrected chi connectivity index (χ0v) is 13.5. The molecule has 1 aromatic carbocycles. The highest BCUT2D eigenvalue weighted by Crippen LogP contribution is 2.33. The van der Waals surface area contributed by atoms with Crippen LogP contribution in [0.1, 0.15) is 5.56 Å². The summed E-state index contributed by atoms with van der Waals surface area (Å²) in [6, 6.07) is 8.91. The fraction of sp³-hybridized carbons (Fsp3) is 0.0625. The van der Waals surface area contributed by atoms with E-state index in [4.69, 9.17) is 32.7 Å². The molecule has 0 unspecified atom stereocenters. The zero-order chi connectivity index (χ0) is 16.2. The third kappa shape index (κ3) is 3.88. The summed E-state index contributed by atoms with van der Waals surface area (Å²) >= 11 is 11.4. The fourth-order valence-electron chi connectivity index (χ4n) is 1.85. The molecule has 2 heterocycles. The van der Waals surface area contributed by atoms with E-state index < -0.39 is 0 Å². The van der Waals surface area contributed by atoms with Gasteiger partial charge in [-0.2, -0.15) is 0 Å². The summed E-state index contributed by atoms with van der Waals surface area (Å²) in [7, 11) is 0. The summed E-state index contributed by atoms with van der Waals surface area (Å²) < 4.78 is 11.6. The van der Waals surface area contributed by atoms with E-state index in [1.165, 1.54) is 12.4 Å². The number of halogens is 2. The number of ether oxygens (including phenoxy) is 2. The van der Waals surface area contributed by atoms with Gasteiger partial charge in [0, 0.05) is 5.56 Å². The molecule has 116 valence electrons. The van der Waals surface area contributed by atoms with Crippen LogP contribution in [0.4, 0.5) is 0 Å². The second kappa shape index (κ2) is 6.81. The molecule has 0 spiro atoms. The molecule has 0 atom stereocenters. The lowest BCUT2D eigenvalue weighted by Crippen LogP contribution is -1.93. The summed E-state index contributed by atoms with van der Waals surface area (Å²) in [5.41, 5.74) is 0.831. The number of pyridine rings is 1. The van der Waals surface area contributed by atoms with Crippen LogP contribution in [0.3, 0.4) is 0 Å². The number of aromatic nitrogens is 3. The molecule has 0 saturated carbocycles. The molecular weight excluding hydrogens is 337 g/mol. The van der Waals surface area contributed by atoms with Crippen LogP contribution in [0.2, 0.25) is 10.4 Å². The molecule has 3 aromatic rings. The van der Waals surface area contributed by atoms with Gasteiger partial charge >= 0.3 is 0 Å². The first-order chi connectivity index (χ1) is 11.1. The molecule has 0 aliphatic carbocycles. The molecule has 2 aromatic heterocycles. The number of rotatable bonds is 4. The normalized spacial score (nSPS) is 10.4. The monoisotopic (exact) mass is 347 g/mol. The number of hydrogen-bond acceptors (Lipinski definition) is 5. The first-order valence-electron chi connectivity index (χ1n) is 6.66. The van der Waals surface area contributed by atoms with Crippen LogP contribution < -0.4 is 9.47 Å². The Bertz CT molecular complexity index is 743. The van der Waals surface area contributed by atoms with E-state index in [-0.39, 0.29) is 5.28 Å². The standard InChI is InChI=1S/C16H11Cl2N3O2/c1-10-13(22-11-5-6-15(17)19-7-11)3-2-4-14(10)23-12-8-20-16(18)21-9-12/h2-9H,1H3. The third-order valence-corrected chi connectivity index (χ3v) is 3.41.